The molecule has 0 aliphatic heterocycles. The van der Waals surface area contributed by atoms with E-state index < -0.39 is 28.5 Å². The van der Waals surface area contributed by atoms with Gasteiger partial charge in [0.05, 0.1) is 22.7 Å². The van der Waals surface area contributed by atoms with Crippen LogP contribution in [0, 0.1) is 0 Å². The molecule has 42 heavy (non-hydrogen) atoms. The normalized spacial score (nSPS) is 12.7. The van der Waals surface area contributed by atoms with Gasteiger partial charge in [-0.15, -0.1) is 0 Å². The quantitative estimate of drug-likeness (QED) is 0.225. The van der Waals surface area contributed by atoms with E-state index >= 15 is 0 Å². The third-order valence-electron chi connectivity index (χ3n) is 6.81. The van der Waals surface area contributed by atoms with Crippen LogP contribution < -0.4 is 14.4 Å². The van der Waals surface area contributed by atoms with Crippen LogP contribution >= 0.6 is 34.8 Å². The van der Waals surface area contributed by atoms with Gasteiger partial charge >= 0.3 is 0 Å². The maximum atomic E-state index is 14.2. The summed E-state index contributed by atoms with van der Waals surface area (Å²) in [6.07, 6.45) is 0.948. The van der Waals surface area contributed by atoms with Crippen molar-refractivity contribution in [1.29, 1.82) is 0 Å². The molecule has 0 fully saturated rings. The molecule has 226 valence electrons. The fourth-order valence-corrected chi connectivity index (χ4v) is 6.47. The molecule has 0 aliphatic carbocycles. The maximum Gasteiger partial charge on any atom is 0.264 e. The first-order valence-corrected chi connectivity index (χ1v) is 16.0. The zero-order valence-electron chi connectivity index (χ0n) is 23.8. The van der Waals surface area contributed by atoms with Crippen molar-refractivity contribution in [3.05, 3.63) is 87.4 Å². The minimum atomic E-state index is -4.25. The van der Waals surface area contributed by atoms with Crippen LogP contribution in [0.1, 0.15) is 39.2 Å². The SMILES string of the molecule is CC[C@H](C(=O)N[C@@H](C)CC)N(Cc1c(Cl)cccc1Cl)C(=O)CN(c1ccc(OC)c(Cl)c1)S(=O)(=O)c1ccccc1. The van der Waals surface area contributed by atoms with E-state index in [9.17, 15) is 18.0 Å². The number of halogens is 3. The van der Waals surface area contributed by atoms with Crippen LogP contribution in [-0.2, 0) is 26.2 Å². The second-order valence-corrected chi connectivity index (χ2v) is 12.7. The van der Waals surface area contributed by atoms with Crippen LogP contribution in [0.5, 0.6) is 5.75 Å². The van der Waals surface area contributed by atoms with Gasteiger partial charge in [-0.1, -0.05) is 72.9 Å². The highest BCUT2D eigenvalue weighted by Crippen LogP contribution is 2.33. The maximum absolute atomic E-state index is 14.2. The van der Waals surface area contributed by atoms with Crippen LogP contribution in [0.15, 0.2) is 71.6 Å². The average Bonchev–Trinajstić information content (AvgIpc) is 2.97. The van der Waals surface area contributed by atoms with Gasteiger partial charge in [0, 0.05) is 28.2 Å². The molecule has 12 heteroatoms. The molecule has 0 saturated carbocycles. The summed E-state index contributed by atoms with van der Waals surface area (Å²) in [6.45, 7) is 4.83. The van der Waals surface area contributed by atoms with E-state index in [1.165, 1.54) is 42.3 Å². The number of carbonyl (C=O) groups excluding carboxylic acids is 2. The molecule has 0 unspecified atom stereocenters. The van der Waals surface area contributed by atoms with E-state index in [1.54, 1.807) is 43.3 Å². The number of sulfonamides is 1. The standard InChI is InChI=1S/C30H34Cl3N3O5S/c1-5-20(3)34-30(38)27(6-2)35(18-23-24(31)13-10-14-25(23)32)29(37)19-36(21-15-16-28(41-4)26(33)17-21)42(39,40)22-11-8-7-9-12-22/h7-17,20,27H,5-6,18-19H2,1-4H3,(H,34,38)/t20-,27+/m0/s1. The van der Waals surface area contributed by atoms with Gasteiger partial charge in [0.2, 0.25) is 11.8 Å². The van der Waals surface area contributed by atoms with Crippen molar-refractivity contribution in [2.75, 3.05) is 18.0 Å². The van der Waals surface area contributed by atoms with Crippen molar-refractivity contribution in [3.63, 3.8) is 0 Å². The Balaban J connectivity index is 2.12. The zero-order valence-corrected chi connectivity index (χ0v) is 26.9. The summed E-state index contributed by atoms with van der Waals surface area (Å²) in [5.74, 6) is -0.663. The average molecular weight is 655 g/mol. The number of benzene rings is 3. The molecule has 3 rings (SSSR count). The van der Waals surface area contributed by atoms with Crippen molar-refractivity contribution in [3.8, 4) is 5.75 Å². The van der Waals surface area contributed by atoms with Crippen LogP contribution in [0.3, 0.4) is 0 Å². The lowest BCUT2D eigenvalue weighted by atomic mass is 10.1. The molecule has 3 aromatic carbocycles. The summed E-state index contributed by atoms with van der Waals surface area (Å²) >= 11 is 19.3. The number of ether oxygens (including phenoxy) is 1. The number of hydrogen-bond acceptors (Lipinski definition) is 5. The molecular weight excluding hydrogens is 621 g/mol. The summed E-state index contributed by atoms with van der Waals surface area (Å²) < 4.78 is 34.1. The van der Waals surface area contributed by atoms with Gasteiger partial charge in [0.15, 0.2) is 0 Å². The Kier molecular flexibility index (Phi) is 11.9. The van der Waals surface area contributed by atoms with Crippen molar-refractivity contribution < 1.29 is 22.7 Å². The molecule has 2 atom stereocenters. The minimum absolute atomic E-state index is 0.0213. The Labute approximate surface area is 262 Å². The van der Waals surface area contributed by atoms with Gasteiger partial charge in [0.1, 0.15) is 18.3 Å². The van der Waals surface area contributed by atoms with Crippen LogP contribution in [-0.4, -0.2) is 50.9 Å². The molecule has 8 nitrogen and oxygen atoms in total. The summed E-state index contributed by atoms with van der Waals surface area (Å²) in [6, 6.07) is 16.1. The van der Waals surface area contributed by atoms with Crippen molar-refractivity contribution in [1.82, 2.24) is 10.2 Å². The van der Waals surface area contributed by atoms with E-state index in [-0.39, 0.29) is 40.5 Å². The Hall–Kier alpha value is -2.98. The van der Waals surface area contributed by atoms with E-state index in [4.69, 9.17) is 39.5 Å². The minimum Gasteiger partial charge on any atom is -0.495 e. The summed E-state index contributed by atoms with van der Waals surface area (Å²) in [7, 11) is -2.81. The second-order valence-electron chi connectivity index (χ2n) is 9.61. The van der Waals surface area contributed by atoms with E-state index in [0.29, 0.717) is 27.8 Å². The largest absolute Gasteiger partial charge is 0.495 e. The predicted octanol–water partition coefficient (Wildman–Crippen LogP) is 6.57. The third-order valence-corrected chi connectivity index (χ3v) is 9.60. The number of nitrogens with one attached hydrogen (secondary N) is 1. The molecule has 0 heterocycles. The molecule has 3 aromatic rings. The first kappa shape index (κ1) is 33.5. The number of nitrogens with zero attached hydrogens (tertiary/aromatic N) is 2. The number of amides is 2. The fourth-order valence-electron chi connectivity index (χ4n) is 4.27. The third kappa shape index (κ3) is 7.89. The van der Waals surface area contributed by atoms with Gasteiger partial charge in [0.25, 0.3) is 10.0 Å². The lowest BCUT2D eigenvalue weighted by Gasteiger charge is -2.34. The zero-order chi connectivity index (χ0) is 31.0. The van der Waals surface area contributed by atoms with Gasteiger partial charge < -0.3 is 15.0 Å². The van der Waals surface area contributed by atoms with Crippen LogP contribution in [0.4, 0.5) is 5.69 Å². The van der Waals surface area contributed by atoms with Gasteiger partial charge in [-0.2, -0.15) is 0 Å². The predicted molar refractivity (Wildman–Crippen MR) is 168 cm³/mol. The number of hydrogen-bond donors (Lipinski definition) is 1. The number of methoxy groups -OCH3 is 1. The molecule has 0 aromatic heterocycles. The summed E-state index contributed by atoms with van der Waals surface area (Å²) in [5.41, 5.74) is 0.583. The Morgan fingerprint density at radius 2 is 1.55 bits per heavy atom. The lowest BCUT2D eigenvalue weighted by molar-refractivity contribution is -0.140. The smallest absolute Gasteiger partial charge is 0.264 e. The van der Waals surface area contributed by atoms with Crippen molar-refractivity contribution in [2.24, 2.45) is 0 Å². The molecule has 0 radical (unpaired) electrons. The van der Waals surface area contributed by atoms with Crippen molar-refractivity contribution >= 4 is 62.3 Å². The van der Waals surface area contributed by atoms with Gasteiger partial charge in [-0.25, -0.2) is 8.42 Å². The highest BCUT2D eigenvalue weighted by molar-refractivity contribution is 7.92. The number of carbonyl (C=O) groups is 2. The number of anilines is 1. The highest BCUT2D eigenvalue weighted by Gasteiger charge is 2.34. The van der Waals surface area contributed by atoms with Gasteiger partial charge in [-0.3, -0.25) is 13.9 Å². The molecule has 0 aliphatic rings. The molecule has 0 spiro atoms. The number of rotatable bonds is 13. The molecule has 0 saturated heterocycles. The summed E-state index contributed by atoms with van der Waals surface area (Å²) in [4.78, 5) is 28.9. The fraction of sp³-hybridized carbons (Fsp3) is 0.333. The monoisotopic (exact) mass is 653 g/mol. The van der Waals surface area contributed by atoms with Crippen molar-refractivity contribution in [2.45, 2.75) is 57.1 Å². The van der Waals surface area contributed by atoms with E-state index in [1.807, 2.05) is 13.8 Å². The van der Waals surface area contributed by atoms with E-state index in [2.05, 4.69) is 5.32 Å². The highest BCUT2D eigenvalue weighted by atomic mass is 35.5. The summed E-state index contributed by atoms with van der Waals surface area (Å²) in [5, 5.41) is 3.72. The Bertz CT molecular complexity index is 1490. The van der Waals surface area contributed by atoms with Gasteiger partial charge in [-0.05, 0) is 62.2 Å². The second kappa shape index (κ2) is 15.0. The Morgan fingerprint density at radius 1 is 0.905 bits per heavy atom. The molecule has 1 N–H and O–H groups in total. The first-order valence-electron chi connectivity index (χ1n) is 13.4. The first-order chi connectivity index (χ1) is 19.9. The lowest BCUT2D eigenvalue weighted by Crippen LogP contribution is -2.53. The topological polar surface area (TPSA) is 96.0 Å². The molecule has 0 bridgehead atoms. The van der Waals surface area contributed by atoms with Crippen LogP contribution in [0.2, 0.25) is 15.1 Å². The Morgan fingerprint density at radius 3 is 2.10 bits per heavy atom. The molecular formula is C30H34Cl3N3O5S. The molecule has 2 amide bonds. The van der Waals surface area contributed by atoms with E-state index in [0.717, 1.165) is 4.31 Å². The van der Waals surface area contributed by atoms with Crippen LogP contribution in [0.25, 0.3) is 0 Å².